The number of benzene rings is 2. The Kier molecular flexibility index (Phi) is 10.6. The fraction of sp³-hybridized carbons (Fsp3) is 0.520. The molecule has 1 saturated heterocycles. The van der Waals surface area contributed by atoms with Gasteiger partial charge in [-0.2, -0.15) is 0 Å². The molecule has 0 saturated carbocycles. The summed E-state index contributed by atoms with van der Waals surface area (Å²) in [5.74, 6) is 3.00. The number of halogens is 2. The van der Waals surface area contributed by atoms with Gasteiger partial charge in [0.25, 0.3) is 0 Å². The first-order valence-corrected chi connectivity index (χ1v) is 11.2. The lowest BCUT2D eigenvalue weighted by atomic mass is 9.98. The normalized spacial score (nSPS) is 16.8. The second kappa shape index (κ2) is 12.7. The molecule has 33 heavy (non-hydrogen) atoms. The molecule has 0 amide bonds. The molecule has 6 nitrogen and oxygen atoms in total. The highest BCUT2D eigenvalue weighted by atomic mass is 35.5. The Morgan fingerprint density at radius 3 is 2.33 bits per heavy atom. The van der Waals surface area contributed by atoms with E-state index in [-0.39, 0.29) is 24.8 Å². The molecule has 1 N–H and O–H groups in total. The van der Waals surface area contributed by atoms with E-state index in [0.717, 1.165) is 50.0 Å². The quantitative estimate of drug-likeness (QED) is 0.586. The van der Waals surface area contributed by atoms with Crippen LogP contribution < -0.4 is 14.2 Å². The van der Waals surface area contributed by atoms with Crippen molar-refractivity contribution in [3.05, 3.63) is 53.1 Å². The summed E-state index contributed by atoms with van der Waals surface area (Å²) >= 11 is 0. The second-order valence-electron chi connectivity index (χ2n) is 8.90. The largest absolute Gasteiger partial charge is 0.491 e. The van der Waals surface area contributed by atoms with Gasteiger partial charge in [0.15, 0.2) is 11.5 Å². The Morgan fingerprint density at radius 2 is 1.64 bits per heavy atom. The highest BCUT2D eigenvalue weighted by Crippen LogP contribution is 2.32. The molecular weight excluding hydrogens is 463 g/mol. The van der Waals surface area contributed by atoms with E-state index < -0.39 is 6.10 Å². The number of fused-ring (bicyclic) bond motifs is 1. The fourth-order valence-electron chi connectivity index (χ4n) is 4.36. The smallest absolute Gasteiger partial charge is 0.231 e. The lowest BCUT2D eigenvalue weighted by molar-refractivity contribution is 0.0446. The lowest BCUT2D eigenvalue weighted by Gasteiger charge is -2.35. The Hall–Kier alpha value is -1.70. The molecule has 0 aromatic heterocycles. The number of nitrogens with zero attached hydrogens (tertiary/aromatic N) is 2. The highest BCUT2D eigenvalue weighted by Gasteiger charge is 2.21. The molecule has 2 aromatic carbocycles. The second-order valence-corrected chi connectivity index (χ2v) is 8.90. The number of aliphatic hydroxyl groups is 1. The molecule has 0 bridgehead atoms. The van der Waals surface area contributed by atoms with Crippen LogP contribution in [0.4, 0.5) is 0 Å². The van der Waals surface area contributed by atoms with Gasteiger partial charge >= 0.3 is 0 Å². The first kappa shape index (κ1) is 27.5. The van der Waals surface area contributed by atoms with Crippen LogP contribution in [0, 0.1) is 6.92 Å². The third-order valence-corrected chi connectivity index (χ3v) is 6.08. The van der Waals surface area contributed by atoms with Gasteiger partial charge in [0.05, 0.1) is 0 Å². The van der Waals surface area contributed by atoms with Crippen LogP contribution in [-0.4, -0.2) is 67.1 Å². The molecule has 0 radical (unpaired) electrons. The molecule has 2 aliphatic rings. The van der Waals surface area contributed by atoms with Crippen LogP contribution in [0.1, 0.15) is 36.5 Å². The van der Waals surface area contributed by atoms with Crippen LogP contribution in [0.3, 0.4) is 0 Å². The van der Waals surface area contributed by atoms with Crippen LogP contribution in [0.15, 0.2) is 36.4 Å². The van der Waals surface area contributed by atoms with E-state index in [1.807, 2.05) is 12.1 Å². The van der Waals surface area contributed by atoms with Gasteiger partial charge in [-0.15, -0.1) is 24.8 Å². The van der Waals surface area contributed by atoms with Crippen molar-refractivity contribution in [2.75, 3.05) is 46.1 Å². The number of hydrogen-bond acceptors (Lipinski definition) is 6. The first-order chi connectivity index (χ1) is 15.0. The maximum Gasteiger partial charge on any atom is 0.231 e. The van der Waals surface area contributed by atoms with Crippen molar-refractivity contribution in [1.82, 2.24) is 9.80 Å². The monoisotopic (exact) mass is 498 g/mol. The van der Waals surface area contributed by atoms with Crippen molar-refractivity contribution in [2.24, 2.45) is 0 Å². The molecule has 8 heteroatoms. The molecule has 1 unspecified atom stereocenters. The minimum atomic E-state index is -0.495. The average Bonchev–Trinajstić information content (AvgIpc) is 3.21. The van der Waals surface area contributed by atoms with E-state index in [1.165, 1.54) is 16.7 Å². The highest BCUT2D eigenvalue weighted by molar-refractivity contribution is 5.85. The number of ether oxygens (including phenoxy) is 3. The minimum Gasteiger partial charge on any atom is -0.491 e. The van der Waals surface area contributed by atoms with Gasteiger partial charge in [-0.1, -0.05) is 26.0 Å². The predicted octanol–water partition coefficient (Wildman–Crippen LogP) is 4.25. The summed E-state index contributed by atoms with van der Waals surface area (Å²) < 4.78 is 16.7. The van der Waals surface area contributed by atoms with Crippen molar-refractivity contribution in [1.29, 1.82) is 0 Å². The van der Waals surface area contributed by atoms with Gasteiger partial charge in [0, 0.05) is 39.3 Å². The van der Waals surface area contributed by atoms with Crippen LogP contribution in [-0.2, 0) is 6.54 Å². The molecular formula is C25H36Cl2N2O4. The summed E-state index contributed by atoms with van der Waals surface area (Å²) in [7, 11) is 0. The SMILES string of the molecule is Cc1cc(OCC(O)CN2CCN(Cc3ccc4c(c3)OCO4)CC2)ccc1C(C)C.Cl.Cl. The molecule has 2 aromatic rings. The zero-order valence-corrected chi connectivity index (χ0v) is 21.3. The van der Waals surface area contributed by atoms with E-state index in [1.54, 1.807) is 0 Å². The van der Waals surface area contributed by atoms with Gasteiger partial charge in [-0.05, 0) is 53.8 Å². The molecule has 1 fully saturated rings. The van der Waals surface area contributed by atoms with E-state index in [9.17, 15) is 5.11 Å². The third kappa shape index (κ3) is 7.39. The number of β-amino-alcohol motifs (C(OH)–C–C–N with tert-alkyl or cyclic N) is 1. The summed E-state index contributed by atoms with van der Waals surface area (Å²) in [5.41, 5.74) is 3.82. The number of piperazine rings is 1. The Bertz CT molecular complexity index is 889. The summed E-state index contributed by atoms with van der Waals surface area (Å²) in [5, 5.41) is 10.5. The van der Waals surface area contributed by atoms with Crippen molar-refractivity contribution >= 4 is 24.8 Å². The number of aliphatic hydroxyl groups excluding tert-OH is 1. The van der Waals surface area contributed by atoms with Gasteiger partial charge < -0.3 is 19.3 Å². The van der Waals surface area contributed by atoms with Crippen molar-refractivity contribution < 1.29 is 19.3 Å². The molecule has 2 heterocycles. The maximum atomic E-state index is 10.5. The Balaban J connectivity index is 0.00000193. The standard InChI is InChI=1S/C25H34N2O4.2ClH/c1-18(2)23-6-5-22(12-19(23)3)29-16-21(28)15-27-10-8-26(9-11-27)14-20-4-7-24-25(13-20)31-17-30-24;;/h4-7,12-13,18,21,28H,8-11,14-17H2,1-3H3;2*1H. The maximum absolute atomic E-state index is 10.5. The van der Waals surface area contributed by atoms with Crippen molar-refractivity contribution in [3.63, 3.8) is 0 Å². The van der Waals surface area contributed by atoms with Gasteiger partial charge in [0.1, 0.15) is 18.5 Å². The van der Waals surface area contributed by atoms with Gasteiger partial charge in [0.2, 0.25) is 6.79 Å². The molecule has 2 aliphatic heterocycles. The van der Waals surface area contributed by atoms with Crippen LogP contribution in [0.5, 0.6) is 17.2 Å². The Morgan fingerprint density at radius 1 is 0.939 bits per heavy atom. The van der Waals surface area contributed by atoms with E-state index in [0.29, 0.717) is 25.9 Å². The van der Waals surface area contributed by atoms with Gasteiger partial charge in [-0.25, -0.2) is 0 Å². The molecule has 4 rings (SSSR count). The predicted molar refractivity (Wildman–Crippen MR) is 136 cm³/mol. The summed E-state index contributed by atoms with van der Waals surface area (Å²) in [6.07, 6.45) is -0.495. The molecule has 184 valence electrons. The zero-order valence-electron chi connectivity index (χ0n) is 19.7. The summed E-state index contributed by atoms with van der Waals surface area (Å²) in [6.45, 7) is 12.5. The van der Waals surface area contributed by atoms with Crippen LogP contribution in [0.25, 0.3) is 0 Å². The Labute approximate surface area is 209 Å². The first-order valence-electron chi connectivity index (χ1n) is 11.2. The zero-order chi connectivity index (χ0) is 21.8. The van der Waals surface area contributed by atoms with E-state index in [4.69, 9.17) is 14.2 Å². The fourth-order valence-corrected chi connectivity index (χ4v) is 4.36. The molecule has 0 spiro atoms. The van der Waals surface area contributed by atoms with Crippen LogP contribution >= 0.6 is 24.8 Å². The molecule has 0 aliphatic carbocycles. The number of rotatable bonds is 8. The van der Waals surface area contributed by atoms with Gasteiger partial charge in [-0.3, -0.25) is 9.80 Å². The van der Waals surface area contributed by atoms with E-state index >= 15 is 0 Å². The van der Waals surface area contributed by atoms with Crippen molar-refractivity contribution in [2.45, 2.75) is 39.3 Å². The number of aryl methyl sites for hydroxylation is 1. The topological polar surface area (TPSA) is 54.4 Å². The lowest BCUT2D eigenvalue weighted by Crippen LogP contribution is -2.48. The number of hydrogen-bond donors (Lipinski definition) is 1. The average molecular weight is 499 g/mol. The van der Waals surface area contributed by atoms with E-state index in [2.05, 4.69) is 54.8 Å². The minimum absolute atomic E-state index is 0. The third-order valence-electron chi connectivity index (χ3n) is 6.08. The summed E-state index contributed by atoms with van der Waals surface area (Å²) in [6, 6.07) is 12.4. The summed E-state index contributed by atoms with van der Waals surface area (Å²) in [4.78, 5) is 4.76. The van der Waals surface area contributed by atoms with Crippen LogP contribution in [0.2, 0.25) is 0 Å². The molecule has 1 atom stereocenters. The van der Waals surface area contributed by atoms with Crippen molar-refractivity contribution in [3.8, 4) is 17.2 Å².